The van der Waals surface area contributed by atoms with Gasteiger partial charge in [-0.15, -0.1) is 0 Å². The first-order valence-corrected chi connectivity index (χ1v) is 6.66. The minimum Gasteiger partial charge on any atom is -0.445 e. The lowest BCUT2D eigenvalue weighted by atomic mass is 9.76. The van der Waals surface area contributed by atoms with Gasteiger partial charge in [-0.05, 0) is 28.7 Å². The van der Waals surface area contributed by atoms with Crippen molar-refractivity contribution in [2.75, 3.05) is 0 Å². The number of nitrogens with two attached hydrogens (primary N) is 1. The molecule has 0 heterocycles. The number of rotatable bonds is 1. The van der Waals surface area contributed by atoms with Crippen molar-refractivity contribution >= 4 is 6.09 Å². The zero-order chi connectivity index (χ0) is 16.0. The van der Waals surface area contributed by atoms with Crippen molar-refractivity contribution < 1.29 is 22.7 Å². The SMILES string of the molecule is CC(C)(C)C1c2ccc(C(F)(F)F)cc2CC1OC(N)=O. The Morgan fingerprint density at radius 2 is 1.90 bits per heavy atom. The number of alkyl halides is 3. The molecule has 0 aliphatic heterocycles. The largest absolute Gasteiger partial charge is 0.445 e. The summed E-state index contributed by atoms with van der Waals surface area (Å²) in [6.07, 6.45) is -5.56. The maximum absolute atomic E-state index is 12.8. The van der Waals surface area contributed by atoms with E-state index in [9.17, 15) is 18.0 Å². The van der Waals surface area contributed by atoms with Gasteiger partial charge in [-0.3, -0.25) is 0 Å². The Kier molecular flexibility index (Phi) is 3.68. The summed E-state index contributed by atoms with van der Waals surface area (Å²) in [4.78, 5) is 11.0. The van der Waals surface area contributed by atoms with Gasteiger partial charge in [-0.1, -0.05) is 26.8 Å². The highest BCUT2D eigenvalue weighted by molar-refractivity contribution is 5.65. The summed E-state index contributed by atoms with van der Waals surface area (Å²) in [7, 11) is 0. The molecule has 2 rings (SSSR count). The number of carbonyl (C=O) groups is 1. The summed E-state index contributed by atoms with van der Waals surface area (Å²) < 4.78 is 43.5. The number of ether oxygens (including phenoxy) is 1. The highest BCUT2D eigenvalue weighted by atomic mass is 19.4. The normalized spacial score (nSPS) is 22.0. The van der Waals surface area contributed by atoms with E-state index in [2.05, 4.69) is 0 Å². The number of hydrogen-bond donors (Lipinski definition) is 1. The second kappa shape index (κ2) is 4.93. The van der Waals surface area contributed by atoms with E-state index in [4.69, 9.17) is 10.5 Å². The van der Waals surface area contributed by atoms with Gasteiger partial charge in [0.25, 0.3) is 0 Å². The number of amides is 1. The molecule has 0 spiro atoms. The molecular weight excluding hydrogens is 283 g/mol. The van der Waals surface area contributed by atoms with E-state index in [0.29, 0.717) is 5.56 Å². The van der Waals surface area contributed by atoms with Crippen LogP contribution in [0.4, 0.5) is 18.0 Å². The second-order valence-electron chi connectivity index (χ2n) is 6.43. The molecule has 0 saturated carbocycles. The molecule has 1 aliphatic rings. The standard InChI is InChI=1S/C15H18F3NO2/c1-14(2,3)12-10-5-4-9(15(16,17)18)6-8(10)7-11(12)21-13(19)20/h4-6,11-12H,7H2,1-3H3,(H2,19,20). The molecule has 1 aromatic rings. The first-order valence-electron chi connectivity index (χ1n) is 6.66. The minimum absolute atomic E-state index is 0.178. The molecule has 0 bridgehead atoms. The van der Waals surface area contributed by atoms with E-state index in [-0.39, 0.29) is 17.8 Å². The molecule has 1 amide bonds. The Balaban J connectivity index is 2.44. The first-order chi connectivity index (χ1) is 9.50. The summed E-state index contributed by atoms with van der Waals surface area (Å²) in [5, 5.41) is 0. The highest BCUT2D eigenvalue weighted by Gasteiger charge is 2.43. The quantitative estimate of drug-likeness (QED) is 0.856. The van der Waals surface area contributed by atoms with Crippen LogP contribution in [0.15, 0.2) is 18.2 Å². The van der Waals surface area contributed by atoms with Gasteiger partial charge in [-0.2, -0.15) is 13.2 Å². The smallest absolute Gasteiger partial charge is 0.416 e. The van der Waals surface area contributed by atoms with Crippen molar-refractivity contribution in [1.82, 2.24) is 0 Å². The fraction of sp³-hybridized carbons (Fsp3) is 0.533. The van der Waals surface area contributed by atoms with Crippen LogP contribution in [0.3, 0.4) is 0 Å². The molecule has 2 N–H and O–H groups in total. The number of fused-ring (bicyclic) bond motifs is 1. The number of hydrogen-bond acceptors (Lipinski definition) is 2. The molecule has 1 aromatic carbocycles. The zero-order valence-electron chi connectivity index (χ0n) is 12.1. The van der Waals surface area contributed by atoms with Gasteiger partial charge in [0.05, 0.1) is 5.56 Å². The molecular formula is C15H18F3NO2. The van der Waals surface area contributed by atoms with E-state index in [1.807, 2.05) is 20.8 Å². The van der Waals surface area contributed by atoms with Gasteiger partial charge in [0, 0.05) is 12.3 Å². The Bertz CT molecular complexity index is 561. The molecule has 2 atom stereocenters. The molecule has 0 saturated heterocycles. The lowest BCUT2D eigenvalue weighted by molar-refractivity contribution is -0.137. The van der Waals surface area contributed by atoms with Crippen LogP contribution in [-0.4, -0.2) is 12.2 Å². The maximum Gasteiger partial charge on any atom is 0.416 e. The Labute approximate surface area is 121 Å². The van der Waals surface area contributed by atoms with Gasteiger partial charge in [0.15, 0.2) is 0 Å². The van der Waals surface area contributed by atoms with Crippen molar-refractivity contribution in [2.45, 2.75) is 45.4 Å². The molecule has 2 unspecified atom stereocenters. The molecule has 3 nitrogen and oxygen atoms in total. The number of benzene rings is 1. The third kappa shape index (κ3) is 3.14. The second-order valence-corrected chi connectivity index (χ2v) is 6.43. The van der Waals surface area contributed by atoms with Gasteiger partial charge in [-0.25, -0.2) is 4.79 Å². The fourth-order valence-electron chi connectivity index (χ4n) is 3.08. The van der Waals surface area contributed by atoms with Crippen LogP contribution < -0.4 is 5.73 Å². The van der Waals surface area contributed by atoms with Crippen molar-refractivity contribution in [2.24, 2.45) is 11.1 Å². The minimum atomic E-state index is -4.38. The van der Waals surface area contributed by atoms with Crippen molar-refractivity contribution in [1.29, 1.82) is 0 Å². The highest BCUT2D eigenvalue weighted by Crippen LogP contribution is 2.47. The van der Waals surface area contributed by atoms with Crippen LogP contribution in [0.1, 0.15) is 43.4 Å². The molecule has 0 fully saturated rings. The molecule has 6 heteroatoms. The number of carbonyl (C=O) groups excluding carboxylic acids is 1. The summed E-state index contributed by atoms with van der Waals surface area (Å²) in [6, 6.07) is 3.70. The van der Waals surface area contributed by atoms with Crippen molar-refractivity contribution in [3.05, 3.63) is 34.9 Å². The third-order valence-electron chi connectivity index (χ3n) is 3.80. The molecule has 21 heavy (non-hydrogen) atoms. The summed E-state index contributed by atoms with van der Waals surface area (Å²) in [6.45, 7) is 5.88. The van der Waals surface area contributed by atoms with Crippen LogP contribution in [0.2, 0.25) is 0 Å². The molecule has 116 valence electrons. The topological polar surface area (TPSA) is 52.3 Å². The fourth-order valence-corrected chi connectivity index (χ4v) is 3.08. The zero-order valence-corrected chi connectivity index (χ0v) is 12.1. The lowest BCUT2D eigenvalue weighted by Crippen LogP contribution is -2.32. The average Bonchev–Trinajstić information content (AvgIpc) is 2.62. The van der Waals surface area contributed by atoms with E-state index in [1.54, 1.807) is 0 Å². The van der Waals surface area contributed by atoms with Crippen molar-refractivity contribution in [3.8, 4) is 0 Å². The summed E-state index contributed by atoms with van der Waals surface area (Å²) in [5.74, 6) is -0.178. The van der Waals surface area contributed by atoms with Crippen LogP contribution in [0.25, 0.3) is 0 Å². The van der Waals surface area contributed by atoms with E-state index < -0.39 is 23.9 Å². The van der Waals surface area contributed by atoms with Gasteiger partial charge >= 0.3 is 12.3 Å². The van der Waals surface area contributed by atoms with Crippen molar-refractivity contribution in [3.63, 3.8) is 0 Å². The van der Waals surface area contributed by atoms with Crippen LogP contribution in [-0.2, 0) is 17.3 Å². The third-order valence-corrected chi connectivity index (χ3v) is 3.80. The Morgan fingerprint density at radius 3 is 2.38 bits per heavy atom. The van der Waals surface area contributed by atoms with Gasteiger partial charge < -0.3 is 10.5 Å². The molecule has 0 aromatic heterocycles. The van der Waals surface area contributed by atoms with E-state index in [0.717, 1.165) is 17.7 Å². The first kappa shape index (κ1) is 15.7. The molecule has 0 radical (unpaired) electrons. The summed E-state index contributed by atoms with van der Waals surface area (Å²) >= 11 is 0. The molecule has 1 aliphatic carbocycles. The van der Waals surface area contributed by atoms with Crippen LogP contribution in [0, 0.1) is 5.41 Å². The van der Waals surface area contributed by atoms with E-state index in [1.165, 1.54) is 6.07 Å². The predicted molar refractivity (Wildman–Crippen MR) is 71.8 cm³/mol. The van der Waals surface area contributed by atoms with Crippen LogP contribution in [0.5, 0.6) is 0 Å². The lowest BCUT2D eigenvalue weighted by Gasteiger charge is -2.32. The van der Waals surface area contributed by atoms with E-state index >= 15 is 0 Å². The maximum atomic E-state index is 12.8. The van der Waals surface area contributed by atoms with Gasteiger partial charge in [0.1, 0.15) is 6.10 Å². The summed E-state index contributed by atoms with van der Waals surface area (Å²) in [5.41, 5.74) is 5.48. The van der Waals surface area contributed by atoms with Gasteiger partial charge in [0.2, 0.25) is 0 Å². The Morgan fingerprint density at radius 1 is 1.29 bits per heavy atom. The average molecular weight is 301 g/mol. The predicted octanol–water partition coefficient (Wildman–Crippen LogP) is 3.86. The number of halogens is 3. The number of primary amides is 1. The monoisotopic (exact) mass is 301 g/mol. The van der Waals surface area contributed by atoms with Crippen LogP contribution >= 0.6 is 0 Å². The Hall–Kier alpha value is -1.72.